The van der Waals surface area contributed by atoms with Crippen molar-refractivity contribution in [2.45, 2.75) is 38.5 Å². The number of fused-ring (bicyclic) bond motifs is 1. The summed E-state index contributed by atoms with van der Waals surface area (Å²) in [5.74, 6) is 0.118. The van der Waals surface area contributed by atoms with Crippen molar-refractivity contribution in [2.75, 3.05) is 6.61 Å². The molecule has 1 aromatic heterocycles. The Labute approximate surface area is 140 Å². The highest BCUT2D eigenvalue weighted by atomic mass is 16.5. The minimum atomic E-state index is -0.340. The Kier molecular flexibility index (Phi) is 4.56. The number of hydrogen-bond acceptors (Lipinski definition) is 6. The van der Waals surface area contributed by atoms with Crippen LogP contribution in [-0.2, 0) is 16.0 Å². The van der Waals surface area contributed by atoms with Gasteiger partial charge in [-0.25, -0.2) is 0 Å². The van der Waals surface area contributed by atoms with Crippen LogP contribution in [0.2, 0.25) is 0 Å². The maximum absolute atomic E-state index is 11.9. The second-order valence-electron chi connectivity index (χ2n) is 5.92. The lowest BCUT2D eigenvalue weighted by Gasteiger charge is -2.31. The van der Waals surface area contributed by atoms with Crippen LogP contribution in [0.15, 0.2) is 23.6 Å². The van der Waals surface area contributed by atoms with Gasteiger partial charge in [0.1, 0.15) is 6.07 Å². The zero-order chi connectivity index (χ0) is 17.1. The van der Waals surface area contributed by atoms with E-state index in [4.69, 9.17) is 15.2 Å². The summed E-state index contributed by atoms with van der Waals surface area (Å²) in [5.41, 5.74) is 7.73. The molecule has 0 fully saturated rings. The van der Waals surface area contributed by atoms with Crippen LogP contribution in [-0.4, -0.2) is 22.8 Å². The molecular weight excluding hydrogens is 308 g/mol. The Morgan fingerprint density at radius 1 is 1.58 bits per heavy atom. The molecule has 24 heavy (non-hydrogen) atoms. The predicted octanol–water partition coefficient (Wildman–Crippen LogP) is 2.04. The molecule has 0 unspecified atom stereocenters. The van der Waals surface area contributed by atoms with Crippen molar-refractivity contribution in [1.82, 2.24) is 10.2 Å². The molecule has 1 aliphatic heterocycles. The van der Waals surface area contributed by atoms with Gasteiger partial charge in [0.15, 0.2) is 0 Å². The normalized spacial score (nSPS) is 22.5. The quantitative estimate of drug-likeness (QED) is 0.646. The van der Waals surface area contributed by atoms with Crippen molar-refractivity contribution >= 4 is 5.97 Å². The first kappa shape index (κ1) is 16.1. The third-order valence-electron chi connectivity index (χ3n) is 4.47. The van der Waals surface area contributed by atoms with E-state index in [0.717, 1.165) is 24.8 Å². The fraction of sp³-hybridized carbons (Fsp3) is 0.471. The summed E-state index contributed by atoms with van der Waals surface area (Å²) >= 11 is 0. The summed E-state index contributed by atoms with van der Waals surface area (Å²) in [5, 5.41) is 16.6. The van der Waals surface area contributed by atoms with Gasteiger partial charge in [-0.3, -0.25) is 9.89 Å². The van der Waals surface area contributed by atoms with Crippen molar-refractivity contribution < 1.29 is 14.3 Å². The van der Waals surface area contributed by atoms with Crippen LogP contribution >= 0.6 is 0 Å². The largest absolute Gasteiger partial charge is 0.466 e. The van der Waals surface area contributed by atoms with Gasteiger partial charge in [-0.15, -0.1) is 5.10 Å². The number of H-pyrrole nitrogens is 1. The van der Waals surface area contributed by atoms with E-state index in [9.17, 15) is 10.1 Å². The van der Waals surface area contributed by atoms with E-state index >= 15 is 0 Å². The third-order valence-corrected chi connectivity index (χ3v) is 4.47. The molecule has 3 N–H and O–H groups in total. The lowest BCUT2D eigenvalue weighted by molar-refractivity contribution is -0.142. The highest BCUT2D eigenvalue weighted by Crippen LogP contribution is 2.46. The van der Waals surface area contributed by atoms with Gasteiger partial charge < -0.3 is 15.2 Å². The summed E-state index contributed by atoms with van der Waals surface area (Å²) in [6.45, 7) is 2.08. The number of aromatic amines is 1. The van der Waals surface area contributed by atoms with Crippen LogP contribution in [0.5, 0.6) is 5.88 Å². The molecule has 2 atom stereocenters. The molecule has 1 aliphatic carbocycles. The molecule has 0 aromatic carbocycles. The molecular formula is C17H20N4O3. The topological polar surface area (TPSA) is 114 Å². The van der Waals surface area contributed by atoms with Crippen LogP contribution in [0.1, 0.15) is 43.4 Å². The second kappa shape index (κ2) is 6.79. The van der Waals surface area contributed by atoms with E-state index in [2.05, 4.69) is 28.4 Å². The number of nitrogens with two attached hydrogens (primary N) is 1. The Hall–Kier alpha value is -2.75. The third kappa shape index (κ3) is 2.87. The van der Waals surface area contributed by atoms with Crippen molar-refractivity contribution in [1.29, 1.82) is 5.26 Å². The van der Waals surface area contributed by atoms with Gasteiger partial charge in [-0.05, 0) is 32.1 Å². The fourth-order valence-electron chi connectivity index (χ4n) is 3.43. The molecule has 126 valence electrons. The first-order chi connectivity index (χ1) is 11.7. The molecule has 0 radical (unpaired) electrons. The van der Waals surface area contributed by atoms with E-state index in [1.807, 2.05) is 0 Å². The predicted molar refractivity (Wildman–Crippen MR) is 85.6 cm³/mol. The van der Waals surface area contributed by atoms with Gasteiger partial charge in [0.05, 0.1) is 24.3 Å². The lowest BCUT2D eigenvalue weighted by Crippen LogP contribution is -2.26. The monoisotopic (exact) mass is 328 g/mol. The first-order valence-electron chi connectivity index (χ1n) is 8.11. The van der Waals surface area contributed by atoms with Gasteiger partial charge >= 0.3 is 5.97 Å². The maximum Gasteiger partial charge on any atom is 0.311 e. The Balaban J connectivity index is 2.00. The molecule has 0 bridgehead atoms. The Morgan fingerprint density at radius 3 is 3.08 bits per heavy atom. The number of ether oxygens (including phenoxy) is 2. The van der Waals surface area contributed by atoms with Gasteiger partial charge in [0.25, 0.3) is 0 Å². The summed E-state index contributed by atoms with van der Waals surface area (Å²) in [6.07, 6.45) is 7.10. The van der Waals surface area contributed by atoms with Gasteiger partial charge in [-0.1, -0.05) is 12.2 Å². The first-order valence-corrected chi connectivity index (χ1v) is 8.11. The molecule has 3 rings (SSSR count). The molecule has 7 nitrogen and oxygen atoms in total. The number of carbonyl (C=O) groups is 1. The molecule has 2 aliphatic rings. The van der Waals surface area contributed by atoms with E-state index in [1.165, 1.54) is 0 Å². The zero-order valence-corrected chi connectivity index (χ0v) is 13.5. The smallest absolute Gasteiger partial charge is 0.311 e. The highest BCUT2D eigenvalue weighted by molar-refractivity contribution is 5.73. The number of nitrogens with one attached hydrogen (secondary N) is 1. The SMILES string of the molecule is CCOC(=O)Cc1[nH]nc2c1[C@H]([C@H]1CC=CCC1)C(C#N)=C(N)O2. The van der Waals surface area contributed by atoms with Crippen LogP contribution < -0.4 is 10.5 Å². The molecule has 0 saturated heterocycles. The summed E-state index contributed by atoms with van der Waals surface area (Å²) in [6, 6.07) is 2.19. The van der Waals surface area contributed by atoms with Crippen molar-refractivity contribution in [3.63, 3.8) is 0 Å². The van der Waals surface area contributed by atoms with Gasteiger partial charge in [-0.2, -0.15) is 5.26 Å². The van der Waals surface area contributed by atoms with Crippen LogP contribution in [0.25, 0.3) is 0 Å². The van der Waals surface area contributed by atoms with Crippen molar-refractivity contribution in [3.8, 4) is 11.9 Å². The maximum atomic E-state index is 11.9. The molecule has 2 heterocycles. The minimum absolute atomic E-state index is 0.0667. The molecule has 0 spiro atoms. The van der Waals surface area contributed by atoms with E-state index < -0.39 is 0 Å². The summed E-state index contributed by atoms with van der Waals surface area (Å²) in [7, 11) is 0. The number of carbonyl (C=O) groups excluding carboxylic acids is 1. The van der Waals surface area contributed by atoms with Crippen molar-refractivity contribution in [3.05, 3.63) is 34.9 Å². The average molecular weight is 328 g/mol. The average Bonchev–Trinajstić information content (AvgIpc) is 2.96. The van der Waals surface area contributed by atoms with Crippen LogP contribution in [0, 0.1) is 17.2 Å². The summed E-state index contributed by atoms with van der Waals surface area (Å²) in [4.78, 5) is 11.9. The van der Waals surface area contributed by atoms with E-state index in [-0.39, 0.29) is 30.1 Å². The van der Waals surface area contributed by atoms with E-state index in [0.29, 0.717) is 23.8 Å². The number of aromatic nitrogens is 2. The molecule has 0 amide bonds. The summed E-state index contributed by atoms with van der Waals surface area (Å²) < 4.78 is 10.5. The molecule has 0 saturated carbocycles. The van der Waals surface area contributed by atoms with E-state index in [1.54, 1.807) is 6.92 Å². The number of nitrogens with zero attached hydrogens (tertiary/aromatic N) is 2. The van der Waals surface area contributed by atoms with Crippen molar-refractivity contribution in [2.24, 2.45) is 11.7 Å². The Bertz CT molecular complexity index is 742. The van der Waals surface area contributed by atoms with Gasteiger partial charge in [0.2, 0.25) is 11.8 Å². The zero-order valence-electron chi connectivity index (χ0n) is 13.5. The Morgan fingerprint density at radius 2 is 2.42 bits per heavy atom. The number of nitriles is 1. The number of esters is 1. The molecule has 7 heteroatoms. The standard InChI is InChI=1S/C17H20N4O3/c1-2-23-13(22)8-12-15-14(10-6-4-3-5-7-10)11(9-18)16(19)24-17(15)21-20-12/h3-4,10,14H,2,5-8,19H2,1H3,(H,20,21)/t10-,14+/m0/s1. The minimum Gasteiger partial charge on any atom is -0.466 e. The molecule has 1 aromatic rings. The number of allylic oxidation sites excluding steroid dienone is 3. The van der Waals surface area contributed by atoms with Crippen LogP contribution in [0.4, 0.5) is 0 Å². The lowest BCUT2D eigenvalue weighted by atomic mass is 9.74. The second-order valence-corrected chi connectivity index (χ2v) is 5.92. The van der Waals surface area contributed by atoms with Gasteiger partial charge in [0, 0.05) is 11.5 Å². The number of rotatable bonds is 4. The fourth-order valence-corrected chi connectivity index (χ4v) is 3.43. The van der Waals surface area contributed by atoms with Crippen LogP contribution in [0.3, 0.4) is 0 Å². The number of hydrogen-bond donors (Lipinski definition) is 2. The highest BCUT2D eigenvalue weighted by Gasteiger charge is 2.39.